The number of aliphatic carboxylic acids is 2. The fourth-order valence-electron chi connectivity index (χ4n) is 0.868. The topological polar surface area (TPSA) is 179 Å². The molecule has 0 aromatic rings. The van der Waals surface area contributed by atoms with Gasteiger partial charge in [0.25, 0.3) is 0 Å². The van der Waals surface area contributed by atoms with E-state index in [2.05, 4.69) is 4.52 Å². The van der Waals surface area contributed by atoms with Crippen molar-refractivity contribution < 1.29 is 48.6 Å². The Morgan fingerprint density at radius 2 is 1.53 bits per heavy atom. The van der Waals surface area contributed by atoms with E-state index >= 15 is 0 Å². The number of rotatable bonds is 6. The number of carboxylic acid groups (broad SMARTS) is 2. The Hall–Kier alpha value is 1.42. The average molecular weight is 354 g/mol. The summed E-state index contributed by atoms with van der Waals surface area (Å²) in [5.74, 6) is -5.47. The minimum absolute atomic E-state index is 0. The summed E-state index contributed by atoms with van der Waals surface area (Å²) in [5, 5.41) is 26.1. The molecule has 0 amide bonds. The van der Waals surface area contributed by atoms with Crippen LogP contribution in [0.5, 0.6) is 0 Å². The Kier molecular flexibility index (Phi) is 13.6. The number of carboxylic acids is 2. The Labute approximate surface area is 179 Å². The molecule has 0 aliphatic carbocycles. The van der Waals surface area contributed by atoms with Crippen molar-refractivity contribution in [3.05, 3.63) is 0 Å². The summed E-state index contributed by atoms with van der Waals surface area (Å²) in [5.41, 5.74) is -2.99. The molecule has 0 aromatic heterocycles. The molecule has 1 atom stereocenters. The second-order valence-electron chi connectivity index (χ2n) is 3.04. The van der Waals surface area contributed by atoms with Gasteiger partial charge in [0.1, 0.15) is 0 Å². The van der Waals surface area contributed by atoms with Crippen molar-refractivity contribution in [2.45, 2.75) is 18.4 Å². The molecule has 0 fully saturated rings. The van der Waals surface area contributed by atoms with Crippen molar-refractivity contribution >= 4 is 115 Å². The molecule has 0 aromatic carbocycles. The van der Waals surface area contributed by atoms with Crippen LogP contribution in [0.4, 0.5) is 0 Å². The molecular formula is C6H12CaKO10P. The number of carbonyl (C=O) groups is 3. The Morgan fingerprint density at radius 3 is 1.79 bits per heavy atom. The predicted molar refractivity (Wildman–Crippen MR) is 63.3 cm³/mol. The maximum absolute atomic E-state index is 10.8. The van der Waals surface area contributed by atoms with Gasteiger partial charge in [-0.15, -0.1) is 0 Å². The molecular weight excluding hydrogens is 342 g/mol. The van der Waals surface area contributed by atoms with Crippen LogP contribution in [-0.4, -0.2) is 138 Å². The van der Waals surface area contributed by atoms with E-state index in [0.29, 0.717) is 0 Å². The number of hydrogen-bond acceptors (Lipinski definition) is 6. The minimum atomic E-state index is -5.17. The molecule has 0 bridgehead atoms. The predicted octanol–water partition coefficient (Wildman–Crippen LogP) is -3.26. The quantitative estimate of drug-likeness (QED) is 0.240. The monoisotopic (exact) mass is 354 g/mol. The van der Waals surface area contributed by atoms with Crippen LogP contribution < -0.4 is 0 Å². The van der Waals surface area contributed by atoms with Gasteiger partial charge < -0.3 is 19.8 Å². The van der Waals surface area contributed by atoms with E-state index < -0.39 is 44.2 Å². The third-order valence-electron chi connectivity index (χ3n) is 1.50. The first-order valence-corrected chi connectivity index (χ1v) is 5.45. The zero-order valence-corrected chi connectivity index (χ0v) is 9.03. The van der Waals surface area contributed by atoms with Crippen LogP contribution in [0.3, 0.4) is 0 Å². The van der Waals surface area contributed by atoms with Gasteiger partial charge in [-0.3, -0.25) is 19.4 Å². The summed E-state index contributed by atoms with van der Waals surface area (Å²) >= 11 is 0. The van der Waals surface area contributed by atoms with Crippen molar-refractivity contribution in [3.63, 3.8) is 0 Å². The van der Waals surface area contributed by atoms with Gasteiger partial charge in [-0.25, -0.2) is 9.36 Å². The zero-order valence-electron chi connectivity index (χ0n) is 8.14. The van der Waals surface area contributed by atoms with Crippen molar-refractivity contribution in [2.75, 3.05) is 0 Å². The van der Waals surface area contributed by atoms with Gasteiger partial charge in [0.15, 0.2) is 5.60 Å². The summed E-state index contributed by atoms with van der Waals surface area (Å²) < 4.78 is 13.7. The van der Waals surface area contributed by atoms with Gasteiger partial charge in [-0.05, 0) is 0 Å². The fourth-order valence-corrected chi connectivity index (χ4v) is 1.20. The molecule has 0 spiro atoms. The fraction of sp³-hybridized carbons (Fsp3) is 0.500. The second-order valence-corrected chi connectivity index (χ2v) is 4.20. The first kappa shape index (κ1) is 25.4. The molecule has 0 heterocycles. The summed E-state index contributed by atoms with van der Waals surface area (Å²) in [6.07, 6.45) is -2.72. The van der Waals surface area contributed by atoms with Crippen LogP contribution >= 0.6 is 7.82 Å². The van der Waals surface area contributed by atoms with E-state index in [0.717, 1.165) is 0 Å². The van der Waals surface area contributed by atoms with Gasteiger partial charge in [-0.2, -0.15) is 0 Å². The summed E-state index contributed by atoms with van der Waals surface area (Å²) in [6.45, 7) is 0. The van der Waals surface area contributed by atoms with Gasteiger partial charge in [0.2, 0.25) is 0 Å². The average Bonchev–Trinajstić information content (AvgIpc) is 1.96. The van der Waals surface area contributed by atoms with Crippen LogP contribution in [0.25, 0.3) is 0 Å². The van der Waals surface area contributed by atoms with E-state index in [-0.39, 0.29) is 89.1 Å². The molecule has 0 saturated carbocycles. The molecule has 0 aliphatic rings. The number of aliphatic hydroxyl groups is 1. The SMILES string of the molecule is O=C(O)CC(O)(CC(=O)OP(=O)(O)O)C(=O)O.[CaH2].[KH]. The summed E-state index contributed by atoms with van der Waals surface area (Å²) in [7, 11) is -5.17. The third kappa shape index (κ3) is 11.7. The number of carbonyl (C=O) groups excluding carboxylic acids is 1. The molecule has 0 saturated heterocycles. The molecule has 104 valence electrons. The van der Waals surface area contributed by atoms with Gasteiger partial charge in [-0.1, -0.05) is 0 Å². The standard InChI is InChI=1S/C6H9O10P.Ca.K.3H/c7-3(8)1-6(12,5(10)11)2-4(9)16-17(13,14)15;;;;;/h12H,1-2H2,(H,7,8)(H,10,11)(H2,13,14,15);;;;;. The molecule has 10 nitrogen and oxygen atoms in total. The third-order valence-corrected chi connectivity index (χ3v) is 1.94. The van der Waals surface area contributed by atoms with E-state index in [1.54, 1.807) is 0 Å². The summed E-state index contributed by atoms with van der Waals surface area (Å²) in [6, 6.07) is 0. The van der Waals surface area contributed by atoms with Crippen molar-refractivity contribution in [2.24, 2.45) is 0 Å². The number of phosphoric acid groups is 1. The van der Waals surface area contributed by atoms with Gasteiger partial charge in [0, 0.05) is 0 Å². The van der Waals surface area contributed by atoms with Crippen LogP contribution in [0.1, 0.15) is 12.8 Å². The molecule has 13 heteroatoms. The normalized spacial score (nSPS) is 13.2. The van der Waals surface area contributed by atoms with Crippen molar-refractivity contribution in [3.8, 4) is 0 Å². The molecule has 0 aliphatic heterocycles. The Bertz CT molecular complexity index is 393. The van der Waals surface area contributed by atoms with Crippen LogP contribution in [0.15, 0.2) is 0 Å². The van der Waals surface area contributed by atoms with Crippen molar-refractivity contribution in [1.82, 2.24) is 0 Å². The Balaban J connectivity index is -0.00000128. The molecule has 19 heavy (non-hydrogen) atoms. The van der Waals surface area contributed by atoms with E-state index in [9.17, 15) is 24.1 Å². The van der Waals surface area contributed by atoms with Gasteiger partial charge >= 0.3 is 115 Å². The van der Waals surface area contributed by atoms with Gasteiger partial charge in [0.05, 0.1) is 12.8 Å². The summed E-state index contributed by atoms with van der Waals surface area (Å²) in [4.78, 5) is 48.1. The second kappa shape index (κ2) is 10.2. The first-order chi connectivity index (χ1) is 7.46. The Morgan fingerprint density at radius 1 is 1.11 bits per heavy atom. The van der Waals surface area contributed by atoms with Crippen LogP contribution in [0, 0.1) is 0 Å². The van der Waals surface area contributed by atoms with E-state index in [4.69, 9.17) is 20.0 Å². The maximum atomic E-state index is 10.8. The number of hydrogen-bond donors (Lipinski definition) is 5. The van der Waals surface area contributed by atoms with E-state index in [1.807, 2.05) is 0 Å². The van der Waals surface area contributed by atoms with Crippen molar-refractivity contribution in [1.29, 1.82) is 0 Å². The molecule has 5 N–H and O–H groups in total. The molecule has 0 rings (SSSR count). The zero-order chi connectivity index (χ0) is 13.9. The van der Waals surface area contributed by atoms with E-state index in [1.165, 1.54) is 0 Å². The van der Waals surface area contributed by atoms with Crippen LogP contribution in [-0.2, 0) is 23.5 Å². The van der Waals surface area contributed by atoms with Crippen LogP contribution in [0.2, 0.25) is 0 Å². The molecule has 0 radical (unpaired) electrons. The first-order valence-electron chi connectivity index (χ1n) is 3.92. The molecule has 1 unspecified atom stereocenters. The number of phosphoric ester groups is 1.